The minimum absolute atomic E-state index is 0.104. The lowest BCUT2D eigenvalue weighted by atomic mass is 10.1. The van der Waals surface area contributed by atoms with E-state index in [2.05, 4.69) is 5.32 Å². The fraction of sp³-hybridized carbons (Fsp3) is 0.500. The Morgan fingerprint density at radius 3 is 3.11 bits per heavy atom. The van der Waals surface area contributed by atoms with Crippen LogP contribution in [0.4, 0.5) is 5.69 Å². The second-order valence-corrected chi connectivity index (χ2v) is 5.75. The van der Waals surface area contributed by atoms with Crippen molar-refractivity contribution in [1.82, 2.24) is 5.32 Å². The molecule has 2 rings (SSSR count). The van der Waals surface area contributed by atoms with Gasteiger partial charge in [-0.2, -0.15) is 11.8 Å². The molecule has 0 aromatic heterocycles. The highest BCUT2D eigenvalue weighted by Gasteiger charge is 2.19. The van der Waals surface area contributed by atoms with E-state index >= 15 is 0 Å². The average molecular weight is 280 g/mol. The van der Waals surface area contributed by atoms with Crippen LogP contribution in [0.1, 0.15) is 23.7 Å². The number of amides is 1. The molecule has 3 N–H and O–H groups in total. The zero-order valence-electron chi connectivity index (χ0n) is 11.1. The largest absolute Gasteiger partial charge is 0.491 e. The molecule has 1 fully saturated rings. The lowest BCUT2D eigenvalue weighted by Crippen LogP contribution is -2.29. The Bertz CT molecular complexity index is 445. The van der Waals surface area contributed by atoms with Crippen molar-refractivity contribution in [1.29, 1.82) is 0 Å². The van der Waals surface area contributed by atoms with Crippen LogP contribution in [0.2, 0.25) is 0 Å². The van der Waals surface area contributed by atoms with Crippen LogP contribution in [0.15, 0.2) is 18.2 Å². The van der Waals surface area contributed by atoms with Crippen LogP contribution >= 0.6 is 11.8 Å². The summed E-state index contributed by atoms with van der Waals surface area (Å²) in [5, 5.41) is 2.98. The number of thioether (sulfide) groups is 1. The molecule has 1 aromatic rings. The van der Waals surface area contributed by atoms with Crippen molar-refractivity contribution in [2.24, 2.45) is 5.92 Å². The third-order valence-corrected chi connectivity index (χ3v) is 4.39. The van der Waals surface area contributed by atoms with Gasteiger partial charge < -0.3 is 15.8 Å². The summed E-state index contributed by atoms with van der Waals surface area (Å²) in [5.74, 6) is 3.31. The van der Waals surface area contributed by atoms with Crippen LogP contribution in [-0.4, -0.2) is 30.6 Å². The molecule has 1 heterocycles. The number of nitrogen functional groups attached to an aromatic ring is 1. The van der Waals surface area contributed by atoms with E-state index in [1.807, 2.05) is 18.7 Å². The monoisotopic (exact) mass is 280 g/mol. The summed E-state index contributed by atoms with van der Waals surface area (Å²) >= 11 is 1.95. The van der Waals surface area contributed by atoms with Gasteiger partial charge >= 0.3 is 0 Å². The smallest absolute Gasteiger partial charge is 0.255 e. The van der Waals surface area contributed by atoms with Crippen LogP contribution in [0, 0.1) is 5.92 Å². The first-order chi connectivity index (χ1) is 9.22. The molecule has 1 amide bonds. The number of nitrogens with one attached hydrogen (secondary N) is 1. The van der Waals surface area contributed by atoms with E-state index in [1.54, 1.807) is 18.2 Å². The molecule has 104 valence electrons. The zero-order valence-corrected chi connectivity index (χ0v) is 12.0. The van der Waals surface area contributed by atoms with Crippen molar-refractivity contribution in [3.63, 3.8) is 0 Å². The third-order valence-electron chi connectivity index (χ3n) is 3.15. The van der Waals surface area contributed by atoms with Crippen molar-refractivity contribution in [2.75, 3.05) is 30.4 Å². The highest BCUT2D eigenvalue weighted by atomic mass is 32.2. The lowest BCUT2D eigenvalue weighted by Gasteiger charge is -2.14. The Balaban J connectivity index is 2.03. The van der Waals surface area contributed by atoms with Crippen molar-refractivity contribution in [3.8, 4) is 5.75 Å². The minimum Gasteiger partial charge on any atom is -0.491 e. The first-order valence-corrected chi connectivity index (χ1v) is 7.75. The number of anilines is 1. The van der Waals surface area contributed by atoms with E-state index in [0.29, 0.717) is 29.5 Å². The number of hydrogen-bond donors (Lipinski definition) is 2. The number of para-hydroxylation sites is 1. The highest BCUT2D eigenvalue weighted by Crippen LogP contribution is 2.27. The molecule has 1 unspecified atom stereocenters. The zero-order chi connectivity index (χ0) is 13.7. The normalized spacial score (nSPS) is 18.3. The summed E-state index contributed by atoms with van der Waals surface area (Å²) in [6.07, 6.45) is 1.18. The van der Waals surface area contributed by atoms with Gasteiger partial charge in [0.25, 0.3) is 5.91 Å². The van der Waals surface area contributed by atoms with Gasteiger partial charge in [-0.3, -0.25) is 4.79 Å². The summed E-state index contributed by atoms with van der Waals surface area (Å²) in [7, 11) is 0. The number of rotatable bonds is 5. The fourth-order valence-electron chi connectivity index (χ4n) is 2.12. The van der Waals surface area contributed by atoms with Crippen LogP contribution < -0.4 is 15.8 Å². The molecule has 19 heavy (non-hydrogen) atoms. The standard InChI is InChI=1S/C14H20N2O2S/c1-2-18-13-11(4-3-5-12(13)15)14(17)16-8-10-6-7-19-9-10/h3-5,10H,2,6-9,15H2,1H3,(H,16,17). The maximum atomic E-state index is 12.2. The highest BCUT2D eigenvalue weighted by molar-refractivity contribution is 7.99. The molecular weight excluding hydrogens is 260 g/mol. The Morgan fingerprint density at radius 1 is 1.58 bits per heavy atom. The second kappa shape index (κ2) is 6.70. The van der Waals surface area contributed by atoms with Gasteiger partial charge in [0.2, 0.25) is 0 Å². The Kier molecular flexibility index (Phi) is 4.96. The molecule has 1 aliphatic rings. The summed E-state index contributed by atoms with van der Waals surface area (Å²) in [6, 6.07) is 5.27. The Hall–Kier alpha value is -1.36. The number of nitrogens with two attached hydrogens (primary N) is 1. The molecule has 1 saturated heterocycles. The first kappa shape index (κ1) is 14.1. The van der Waals surface area contributed by atoms with Gasteiger partial charge in [0, 0.05) is 6.54 Å². The average Bonchev–Trinajstić information content (AvgIpc) is 2.92. The van der Waals surface area contributed by atoms with Crippen molar-refractivity contribution in [2.45, 2.75) is 13.3 Å². The third kappa shape index (κ3) is 3.56. The maximum absolute atomic E-state index is 12.2. The van der Waals surface area contributed by atoms with Gasteiger partial charge in [0.05, 0.1) is 17.9 Å². The van der Waals surface area contributed by atoms with Crippen LogP contribution in [0.25, 0.3) is 0 Å². The van der Waals surface area contributed by atoms with Gasteiger partial charge in [0.1, 0.15) is 0 Å². The van der Waals surface area contributed by atoms with Crippen LogP contribution in [0.5, 0.6) is 5.75 Å². The number of ether oxygens (including phenoxy) is 1. The van der Waals surface area contributed by atoms with Gasteiger partial charge in [-0.25, -0.2) is 0 Å². The van der Waals surface area contributed by atoms with Crippen molar-refractivity contribution < 1.29 is 9.53 Å². The Labute approximate surface area is 118 Å². The summed E-state index contributed by atoms with van der Waals surface area (Å²) in [6.45, 7) is 3.10. The quantitative estimate of drug-likeness (QED) is 0.811. The summed E-state index contributed by atoms with van der Waals surface area (Å²) in [4.78, 5) is 12.2. The number of carbonyl (C=O) groups excluding carboxylic acids is 1. The van der Waals surface area contributed by atoms with Crippen LogP contribution in [-0.2, 0) is 0 Å². The maximum Gasteiger partial charge on any atom is 0.255 e. The molecule has 0 bridgehead atoms. The van der Waals surface area contributed by atoms with Gasteiger partial charge in [-0.15, -0.1) is 0 Å². The molecule has 1 aliphatic heterocycles. The molecule has 0 spiro atoms. The van der Waals surface area contributed by atoms with E-state index in [1.165, 1.54) is 12.2 Å². The predicted molar refractivity (Wildman–Crippen MR) is 79.8 cm³/mol. The van der Waals surface area contributed by atoms with E-state index in [9.17, 15) is 4.79 Å². The van der Waals surface area contributed by atoms with E-state index < -0.39 is 0 Å². The molecule has 0 aliphatic carbocycles. The van der Waals surface area contributed by atoms with Crippen LogP contribution in [0.3, 0.4) is 0 Å². The number of hydrogen-bond acceptors (Lipinski definition) is 4. The van der Waals surface area contributed by atoms with E-state index in [-0.39, 0.29) is 5.91 Å². The fourth-order valence-corrected chi connectivity index (χ4v) is 3.40. The number of benzene rings is 1. The molecule has 4 nitrogen and oxygen atoms in total. The molecule has 0 radical (unpaired) electrons. The van der Waals surface area contributed by atoms with Gasteiger partial charge in [-0.1, -0.05) is 6.07 Å². The van der Waals surface area contributed by atoms with Gasteiger partial charge in [-0.05, 0) is 42.9 Å². The lowest BCUT2D eigenvalue weighted by molar-refractivity contribution is 0.0945. The molecule has 5 heteroatoms. The molecular formula is C14H20N2O2S. The SMILES string of the molecule is CCOc1c(N)cccc1C(=O)NCC1CCSC1. The summed E-state index contributed by atoms with van der Waals surface area (Å²) < 4.78 is 5.47. The minimum atomic E-state index is -0.104. The van der Waals surface area contributed by atoms with E-state index in [0.717, 1.165) is 12.3 Å². The molecule has 0 saturated carbocycles. The molecule has 1 aromatic carbocycles. The van der Waals surface area contributed by atoms with Gasteiger partial charge in [0.15, 0.2) is 5.75 Å². The predicted octanol–water partition coefficient (Wildman–Crippen LogP) is 2.15. The second-order valence-electron chi connectivity index (χ2n) is 4.60. The Morgan fingerprint density at radius 2 is 2.42 bits per heavy atom. The van der Waals surface area contributed by atoms with E-state index in [4.69, 9.17) is 10.5 Å². The number of carbonyl (C=O) groups is 1. The summed E-state index contributed by atoms with van der Waals surface area (Å²) in [5.41, 5.74) is 6.88. The first-order valence-electron chi connectivity index (χ1n) is 6.59. The van der Waals surface area contributed by atoms with Crippen molar-refractivity contribution in [3.05, 3.63) is 23.8 Å². The molecule has 1 atom stereocenters. The topological polar surface area (TPSA) is 64.3 Å². The van der Waals surface area contributed by atoms with Crippen molar-refractivity contribution >= 4 is 23.4 Å².